The molecule has 1 aromatic carbocycles. The van der Waals surface area contributed by atoms with E-state index in [1.165, 1.54) is 0 Å². The summed E-state index contributed by atoms with van der Waals surface area (Å²) in [6.45, 7) is 6.82. The number of rotatable bonds is 4. The van der Waals surface area contributed by atoms with E-state index in [1.54, 1.807) is 6.92 Å². The highest BCUT2D eigenvalue weighted by molar-refractivity contribution is 5.97. The minimum absolute atomic E-state index is 0.0932. The maximum absolute atomic E-state index is 12.1. The first kappa shape index (κ1) is 21.9. The van der Waals surface area contributed by atoms with Crippen LogP contribution in [0.3, 0.4) is 0 Å². The van der Waals surface area contributed by atoms with Gasteiger partial charge in [0.05, 0.1) is 42.5 Å². The number of amides is 1. The van der Waals surface area contributed by atoms with Crippen molar-refractivity contribution in [3.05, 3.63) is 66.0 Å². The molecule has 2 aliphatic heterocycles. The van der Waals surface area contributed by atoms with E-state index in [1.807, 2.05) is 29.4 Å². The molecule has 3 aromatic heterocycles. The van der Waals surface area contributed by atoms with E-state index in [-0.39, 0.29) is 5.91 Å². The Hall–Kier alpha value is -3.62. The molecule has 0 bridgehead atoms. The van der Waals surface area contributed by atoms with E-state index >= 15 is 0 Å². The highest BCUT2D eigenvalue weighted by atomic mass is 16.5. The van der Waals surface area contributed by atoms with Crippen molar-refractivity contribution in [2.75, 3.05) is 19.8 Å². The molecule has 1 fully saturated rings. The van der Waals surface area contributed by atoms with Crippen molar-refractivity contribution in [2.45, 2.75) is 38.9 Å². The summed E-state index contributed by atoms with van der Waals surface area (Å²) in [5, 5.41) is 2.12. The van der Waals surface area contributed by atoms with Crippen molar-refractivity contribution < 1.29 is 9.53 Å². The van der Waals surface area contributed by atoms with Gasteiger partial charge < -0.3 is 19.9 Å². The van der Waals surface area contributed by atoms with E-state index in [0.29, 0.717) is 19.8 Å². The van der Waals surface area contributed by atoms with Crippen molar-refractivity contribution in [2.24, 2.45) is 5.73 Å². The van der Waals surface area contributed by atoms with Crippen LogP contribution in [0.25, 0.3) is 33.3 Å². The number of nitrogens with two attached hydrogens (primary N) is 1. The Bertz CT molecular complexity index is 1440. The molecule has 8 heteroatoms. The van der Waals surface area contributed by atoms with Gasteiger partial charge >= 0.3 is 0 Å². The lowest BCUT2D eigenvalue weighted by Crippen LogP contribution is -2.54. The lowest BCUT2D eigenvalue weighted by Gasteiger charge is -2.37. The third-order valence-electron chi connectivity index (χ3n) is 7.16. The fraction of sp³-hybridized carbons (Fsp3) is 0.333. The number of carbonyl (C=O) groups is 1. The molecule has 2 N–H and O–H groups in total. The summed E-state index contributed by atoms with van der Waals surface area (Å²) in [4.78, 5) is 28.3. The molecule has 5 heterocycles. The summed E-state index contributed by atoms with van der Waals surface area (Å²) < 4.78 is 7.54. The number of hydrogen-bond donors (Lipinski definition) is 1. The zero-order chi connectivity index (χ0) is 24.2. The molecule has 1 amide bonds. The number of aromatic nitrogens is 4. The van der Waals surface area contributed by atoms with Crippen LogP contribution < -0.4 is 5.73 Å². The molecule has 4 aromatic rings. The van der Waals surface area contributed by atoms with Gasteiger partial charge in [0.15, 0.2) is 0 Å². The van der Waals surface area contributed by atoms with Crippen molar-refractivity contribution in [3.63, 3.8) is 0 Å². The fourth-order valence-corrected chi connectivity index (χ4v) is 5.04. The first-order valence-corrected chi connectivity index (χ1v) is 12.0. The molecule has 1 saturated heterocycles. The third-order valence-corrected chi connectivity index (χ3v) is 7.16. The topological polar surface area (TPSA) is 99.2 Å². The lowest BCUT2D eigenvalue weighted by atomic mass is 9.93. The predicted molar refractivity (Wildman–Crippen MR) is 133 cm³/mol. The van der Waals surface area contributed by atoms with Gasteiger partial charge in [-0.25, -0.2) is 4.98 Å². The third kappa shape index (κ3) is 3.61. The van der Waals surface area contributed by atoms with Crippen molar-refractivity contribution in [1.29, 1.82) is 0 Å². The second-order valence-corrected chi connectivity index (χ2v) is 9.45. The average molecular weight is 469 g/mol. The molecule has 0 saturated carbocycles. The van der Waals surface area contributed by atoms with Crippen LogP contribution in [0.4, 0.5) is 0 Å². The highest BCUT2D eigenvalue weighted by Gasteiger charge is 2.37. The Morgan fingerprint density at radius 1 is 1.14 bits per heavy atom. The number of imidazole rings is 1. The Labute approximate surface area is 203 Å². The molecule has 0 radical (unpaired) electrons. The molecule has 0 atom stereocenters. The Kier molecular flexibility index (Phi) is 5.16. The minimum atomic E-state index is -0.483. The monoisotopic (exact) mass is 468 g/mol. The summed E-state index contributed by atoms with van der Waals surface area (Å²) in [6, 6.07) is 12.3. The summed E-state index contributed by atoms with van der Waals surface area (Å²) in [6.07, 6.45) is 4.59. The van der Waals surface area contributed by atoms with Gasteiger partial charge in [-0.2, -0.15) is 0 Å². The Morgan fingerprint density at radius 3 is 2.69 bits per heavy atom. The molecule has 0 aliphatic carbocycles. The van der Waals surface area contributed by atoms with Gasteiger partial charge in [0, 0.05) is 55.3 Å². The van der Waals surface area contributed by atoms with Crippen LogP contribution >= 0.6 is 0 Å². The molecule has 2 aliphatic rings. The average Bonchev–Trinajstić information content (AvgIpc) is 3.24. The highest BCUT2D eigenvalue weighted by Crippen LogP contribution is 2.34. The molecular weight excluding hydrogens is 440 g/mol. The predicted octanol–water partition coefficient (Wildman–Crippen LogP) is 3.27. The van der Waals surface area contributed by atoms with Crippen LogP contribution in [0.5, 0.6) is 0 Å². The molecule has 6 rings (SSSR count). The first-order valence-electron chi connectivity index (χ1n) is 12.0. The molecule has 0 spiro atoms. The Morgan fingerprint density at radius 2 is 2.00 bits per heavy atom. The largest absolute Gasteiger partial charge is 0.377 e. The second kappa shape index (κ2) is 8.25. The fourth-order valence-electron chi connectivity index (χ4n) is 5.04. The number of ether oxygens (including phenoxy) is 1. The summed E-state index contributed by atoms with van der Waals surface area (Å²) in [7, 11) is 0. The summed E-state index contributed by atoms with van der Waals surface area (Å²) in [5.74, 6) is 1.15. The van der Waals surface area contributed by atoms with Crippen molar-refractivity contribution in [3.8, 4) is 22.5 Å². The zero-order valence-corrected chi connectivity index (χ0v) is 20.0. The van der Waals surface area contributed by atoms with Gasteiger partial charge in [0.1, 0.15) is 11.4 Å². The van der Waals surface area contributed by atoms with Gasteiger partial charge in [0.25, 0.3) is 0 Å². The van der Waals surface area contributed by atoms with Gasteiger partial charge in [-0.15, -0.1) is 0 Å². The van der Waals surface area contributed by atoms with E-state index < -0.39 is 5.54 Å². The van der Waals surface area contributed by atoms with Crippen molar-refractivity contribution >= 4 is 16.7 Å². The molecule has 0 unspecified atom stereocenters. The maximum atomic E-state index is 12.1. The number of aryl methyl sites for hydroxylation is 1. The SMILES string of the molecule is CCc1nc(-c2cccc3cc(-c4ccc(C5(N)COC5)nc4)ncc23)c2n1CCN(C(C)=O)C2. The zero-order valence-electron chi connectivity index (χ0n) is 20.0. The second-order valence-electron chi connectivity index (χ2n) is 9.45. The van der Waals surface area contributed by atoms with E-state index in [9.17, 15) is 4.79 Å². The van der Waals surface area contributed by atoms with Gasteiger partial charge in [0.2, 0.25) is 5.91 Å². The minimum Gasteiger partial charge on any atom is -0.377 e. The Balaban J connectivity index is 1.39. The van der Waals surface area contributed by atoms with Crippen LogP contribution in [0, 0.1) is 0 Å². The first-order chi connectivity index (χ1) is 17.0. The van der Waals surface area contributed by atoms with Crippen LogP contribution in [0.15, 0.2) is 48.8 Å². The molecule has 35 heavy (non-hydrogen) atoms. The van der Waals surface area contributed by atoms with Crippen LogP contribution in [0.1, 0.15) is 31.1 Å². The van der Waals surface area contributed by atoms with Gasteiger partial charge in [-0.1, -0.05) is 25.1 Å². The number of carbonyl (C=O) groups excluding carboxylic acids is 1. The number of benzene rings is 1. The smallest absolute Gasteiger partial charge is 0.219 e. The number of fused-ring (bicyclic) bond motifs is 2. The van der Waals surface area contributed by atoms with Crippen LogP contribution in [-0.2, 0) is 34.6 Å². The number of pyridine rings is 2. The summed E-state index contributed by atoms with van der Waals surface area (Å²) in [5.41, 5.74) is 11.5. The molecule has 8 nitrogen and oxygen atoms in total. The number of nitrogens with zero attached hydrogens (tertiary/aromatic N) is 5. The van der Waals surface area contributed by atoms with E-state index in [2.05, 4.69) is 40.7 Å². The van der Waals surface area contributed by atoms with Gasteiger partial charge in [-0.3, -0.25) is 14.8 Å². The van der Waals surface area contributed by atoms with E-state index in [0.717, 1.165) is 70.0 Å². The number of hydrogen-bond acceptors (Lipinski definition) is 6. The quantitative estimate of drug-likeness (QED) is 0.494. The maximum Gasteiger partial charge on any atom is 0.219 e. The van der Waals surface area contributed by atoms with Crippen LogP contribution in [0.2, 0.25) is 0 Å². The standard InChI is InChI=1S/C27H28N6O2/c1-3-25-31-26(23-14-32(17(2)34)9-10-33(23)25)20-6-4-5-18-11-22(29-13-21(18)20)19-7-8-24(30-12-19)27(28)15-35-16-27/h4-8,11-13H,3,9-10,14-16,28H2,1-2H3. The molecular formula is C27H28N6O2. The van der Waals surface area contributed by atoms with E-state index in [4.69, 9.17) is 20.4 Å². The molecule has 178 valence electrons. The van der Waals surface area contributed by atoms with Crippen molar-refractivity contribution in [1.82, 2.24) is 24.4 Å². The normalized spacial score (nSPS) is 16.7. The lowest BCUT2D eigenvalue weighted by molar-refractivity contribution is -0.130. The van der Waals surface area contributed by atoms with Gasteiger partial charge in [-0.05, 0) is 23.6 Å². The summed E-state index contributed by atoms with van der Waals surface area (Å²) >= 11 is 0. The van der Waals surface area contributed by atoms with Crippen LogP contribution in [-0.4, -0.2) is 50.1 Å².